The third-order valence-electron chi connectivity index (χ3n) is 3.33. The summed E-state index contributed by atoms with van der Waals surface area (Å²) in [6.45, 7) is 2.13. The smallest absolute Gasteiger partial charge is 0.0672 e. The van der Waals surface area contributed by atoms with Gasteiger partial charge in [0.2, 0.25) is 0 Å². The molecule has 0 atom stereocenters. The van der Waals surface area contributed by atoms with Gasteiger partial charge in [-0.2, -0.15) is 5.10 Å². The molecule has 4 nitrogen and oxygen atoms in total. The van der Waals surface area contributed by atoms with Gasteiger partial charge in [-0.05, 0) is 42.3 Å². The van der Waals surface area contributed by atoms with Gasteiger partial charge in [-0.15, -0.1) is 0 Å². The van der Waals surface area contributed by atoms with Crippen LogP contribution in [-0.2, 0) is 6.42 Å². The van der Waals surface area contributed by atoms with E-state index in [9.17, 15) is 0 Å². The van der Waals surface area contributed by atoms with E-state index >= 15 is 0 Å². The van der Waals surface area contributed by atoms with Crippen LogP contribution in [-0.4, -0.2) is 10.2 Å². The van der Waals surface area contributed by atoms with Crippen LogP contribution >= 0.6 is 15.9 Å². The van der Waals surface area contributed by atoms with E-state index in [1.165, 1.54) is 5.56 Å². The number of H-pyrrole nitrogens is 1. The van der Waals surface area contributed by atoms with Crippen molar-refractivity contribution >= 4 is 43.9 Å². The predicted molar refractivity (Wildman–Crippen MR) is 87.3 cm³/mol. The summed E-state index contributed by atoms with van der Waals surface area (Å²) in [5.41, 5.74) is 11.0. The summed E-state index contributed by atoms with van der Waals surface area (Å²) in [6.07, 6.45) is 2.72. The molecule has 2 aromatic carbocycles. The molecule has 0 radical (unpaired) electrons. The number of nitrogens with one attached hydrogen (secondary N) is 2. The minimum absolute atomic E-state index is 0.712. The summed E-state index contributed by atoms with van der Waals surface area (Å²) >= 11 is 3.50. The van der Waals surface area contributed by atoms with Crippen LogP contribution in [0.15, 0.2) is 41.0 Å². The van der Waals surface area contributed by atoms with Crippen molar-refractivity contribution in [3.8, 4) is 0 Å². The molecule has 0 aliphatic heterocycles. The Morgan fingerprint density at radius 3 is 2.90 bits per heavy atom. The van der Waals surface area contributed by atoms with Crippen molar-refractivity contribution < 1.29 is 0 Å². The molecule has 0 unspecified atom stereocenters. The van der Waals surface area contributed by atoms with E-state index < -0.39 is 0 Å². The fourth-order valence-corrected chi connectivity index (χ4v) is 2.65. The molecule has 0 aliphatic rings. The summed E-state index contributed by atoms with van der Waals surface area (Å²) in [7, 11) is 0. The van der Waals surface area contributed by atoms with Gasteiger partial charge < -0.3 is 11.1 Å². The number of nitrogens with two attached hydrogens (primary N) is 1. The third kappa shape index (κ3) is 2.36. The Morgan fingerprint density at radius 2 is 2.10 bits per heavy atom. The fraction of sp³-hybridized carbons (Fsp3) is 0.133. The van der Waals surface area contributed by atoms with Crippen LogP contribution in [0.2, 0.25) is 0 Å². The fourth-order valence-electron chi connectivity index (χ4n) is 2.24. The van der Waals surface area contributed by atoms with E-state index in [2.05, 4.69) is 50.5 Å². The lowest BCUT2D eigenvalue weighted by molar-refractivity contribution is 1.12. The highest BCUT2D eigenvalue weighted by Crippen LogP contribution is 2.30. The number of rotatable bonds is 3. The Labute approximate surface area is 125 Å². The molecular formula is C15H15BrN4. The van der Waals surface area contributed by atoms with Gasteiger partial charge in [0.1, 0.15) is 0 Å². The highest BCUT2D eigenvalue weighted by molar-refractivity contribution is 9.10. The molecule has 0 aliphatic carbocycles. The van der Waals surface area contributed by atoms with Crippen LogP contribution in [0, 0.1) is 0 Å². The van der Waals surface area contributed by atoms with Gasteiger partial charge in [0.05, 0.1) is 23.1 Å². The first-order valence-corrected chi connectivity index (χ1v) is 7.24. The number of hydrogen-bond donors (Lipinski definition) is 3. The van der Waals surface area contributed by atoms with Crippen LogP contribution < -0.4 is 11.1 Å². The molecule has 4 N–H and O–H groups in total. The molecule has 0 saturated heterocycles. The summed E-state index contributed by atoms with van der Waals surface area (Å²) in [5.74, 6) is 0. The normalized spacial score (nSPS) is 10.9. The first kappa shape index (κ1) is 13.0. The number of nitrogens with zero attached hydrogens (tertiary/aromatic N) is 1. The van der Waals surface area contributed by atoms with Crippen molar-refractivity contribution in [1.29, 1.82) is 0 Å². The second-order valence-electron chi connectivity index (χ2n) is 4.68. The number of aromatic nitrogens is 2. The van der Waals surface area contributed by atoms with Crippen LogP contribution in [0.3, 0.4) is 0 Å². The molecule has 0 bridgehead atoms. The van der Waals surface area contributed by atoms with E-state index in [1.54, 1.807) is 6.20 Å². The molecule has 0 amide bonds. The van der Waals surface area contributed by atoms with E-state index in [0.717, 1.165) is 33.2 Å². The number of fused-ring (bicyclic) bond motifs is 1. The molecule has 0 spiro atoms. The number of aromatic amines is 1. The van der Waals surface area contributed by atoms with E-state index in [4.69, 9.17) is 5.73 Å². The summed E-state index contributed by atoms with van der Waals surface area (Å²) in [4.78, 5) is 0. The summed E-state index contributed by atoms with van der Waals surface area (Å²) in [6, 6.07) is 10.1. The number of halogens is 1. The van der Waals surface area contributed by atoms with Crippen molar-refractivity contribution in [3.63, 3.8) is 0 Å². The van der Waals surface area contributed by atoms with E-state index in [1.807, 2.05) is 18.2 Å². The van der Waals surface area contributed by atoms with Gasteiger partial charge in [0, 0.05) is 15.5 Å². The van der Waals surface area contributed by atoms with Crippen molar-refractivity contribution in [2.75, 3.05) is 11.1 Å². The molecule has 3 rings (SSSR count). The van der Waals surface area contributed by atoms with Gasteiger partial charge in [-0.25, -0.2) is 0 Å². The zero-order chi connectivity index (χ0) is 14.1. The van der Waals surface area contributed by atoms with Crippen LogP contribution in [0.4, 0.5) is 17.1 Å². The van der Waals surface area contributed by atoms with Crippen molar-refractivity contribution in [3.05, 3.63) is 46.6 Å². The van der Waals surface area contributed by atoms with Crippen molar-refractivity contribution in [2.45, 2.75) is 13.3 Å². The number of benzene rings is 2. The maximum atomic E-state index is 6.10. The lowest BCUT2D eigenvalue weighted by Crippen LogP contribution is -1.99. The molecule has 20 heavy (non-hydrogen) atoms. The topological polar surface area (TPSA) is 66.7 Å². The Kier molecular flexibility index (Phi) is 3.36. The number of aryl methyl sites for hydroxylation is 1. The maximum Gasteiger partial charge on any atom is 0.0672 e. The van der Waals surface area contributed by atoms with Crippen molar-refractivity contribution in [2.24, 2.45) is 0 Å². The Balaban J connectivity index is 2.02. The molecule has 0 saturated carbocycles. The van der Waals surface area contributed by atoms with Gasteiger partial charge in [-0.1, -0.05) is 22.9 Å². The molecule has 5 heteroatoms. The predicted octanol–water partition coefficient (Wildman–Crippen LogP) is 4.21. The zero-order valence-corrected chi connectivity index (χ0v) is 12.7. The second-order valence-corrected chi connectivity index (χ2v) is 5.59. The summed E-state index contributed by atoms with van der Waals surface area (Å²) in [5, 5.41) is 11.4. The maximum absolute atomic E-state index is 6.10. The van der Waals surface area contributed by atoms with Gasteiger partial charge in [-0.3, -0.25) is 5.10 Å². The number of anilines is 3. The standard InChI is InChI=1S/C15H15BrN4/c1-2-9-5-11(16)3-4-13(9)19-15-7-14-10(6-12(15)17)8-18-20-14/h3-8,19H,2,17H2,1H3,(H,18,20). The monoisotopic (exact) mass is 330 g/mol. The third-order valence-corrected chi connectivity index (χ3v) is 3.82. The molecular weight excluding hydrogens is 316 g/mol. The van der Waals surface area contributed by atoms with E-state index in [-0.39, 0.29) is 0 Å². The summed E-state index contributed by atoms with van der Waals surface area (Å²) < 4.78 is 1.08. The SMILES string of the molecule is CCc1cc(Br)ccc1Nc1cc2[nH]ncc2cc1N. The minimum Gasteiger partial charge on any atom is -0.397 e. The lowest BCUT2D eigenvalue weighted by Gasteiger charge is -2.13. The average molecular weight is 331 g/mol. The molecule has 0 fully saturated rings. The largest absolute Gasteiger partial charge is 0.397 e. The first-order valence-electron chi connectivity index (χ1n) is 6.45. The lowest BCUT2D eigenvalue weighted by atomic mass is 10.1. The van der Waals surface area contributed by atoms with Crippen LogP contribution in [0.25, 0.3) is 10.9 Å². The zero-order valence-electron chi connectivity index (χ0n) is 11.1. The first-order chi connectivity index (χ1) is 9.67. The minimum atomic E-state index is 0.712. The van der Waals surface area contributed by atoms with E-state index in [0.29, 0.717) is 5.69 Å². The Morgan fingerprint density at radius 1 is 1.25 bits per heavy atom. The quantitative estimate of drug-likeness (QED) is 0.630. The van der Waals surface area contributed by atoms with Gasteiger partial charge >= 0.3 is 0 Å². The second kappa shape index (κ2) is 5.17. The molecule has 102 valence electrons. The average Bonchev–Trinajstić information content (AvgIpc) is 2.88. The van der Waals surface area contributed by atoms with Crippen LogP contribution in [0.5, 0.6) is 0 Å². The number of nitrogen functional groups attached to an aromatic ring is 1. The Bertz CT molecular complexity index is 764. The van der Waals surface area contributed by atoms with Crippen molar-refractivity contribution in [1.82, 2.24) is 10.2 Å². The molecule has 1 heterocycles. The molecule has 3 aromatic rings. The Hall–Kier alpha value is -2.01. The van der Waals surface area contributed by atoms with Gasteiger partial charge in [0.25, 0.3) is 0 Å². The van der Waals surface area contributed by atoms with Crippen LogP contribution in [0.1, 0.15) is 12.5 Å². The molecule has 1 aromatic heterocycles. The highest BCUT2D eigenvalue weighted by atomic mass is 79.9. The van der Waals surface area contributed by atoms with Gasteiger partial charge in [0.15, 0.2) is 0 Å². The highest BCUT2D eigenvalue weighted by Gasteiger charge is 2.07. The number of hydrogen-bond acceptors (Lipinski definition) is 3.